The van der Waals surface area contributed by atoms with Crippen LogP contribution in [0.2, 0.25) is 0 Å². The Morgan fingerprint density at radius 3 is 2.88 bits per heavy atom. The molecule has 1 aromatic carbocycles. The van der Waals surface area contributed by atoms with Crippen molar-refractivity contribution in [1.29, 1.82) is 0 Å². The van der Waals surface area contributed by atoms with E-state index in [0.29, 0.717) is 37.0 Å². The number of aliphatic carboxylic acids is 1. The van der Waals surface area contributed by atoms with Crippen LogP contribution in [0.3, 0.4) is 0 Å². The number of methoxy groups -OCH3 is 1. The number of carbonyl (C=O) groups excluding carboxylic acids is 1. The Morgan fingerprint density at radius 2 is 2.12 bits per heavy atom. The Morgan fingerprint density at radius 1 is 1.29 bits per heavy atom. The summed E-state index contributed by atoms with van der Waals surface area (Å²) in [5, 5.41) is 9.59. The molecule has 0 aromatic heterocycles. The highest BCUT2D eigenvalue weighted by Gasteiger charge is 2.49. The summed E-state index contributed by atoms with van der Waals surface area (Å²) >= 11 is 0. The SMILES string of the molecule is COCCOc1cccc(C(=O)N2CC3CCCC3C2C(=O)O)c1. The average molecular weight is 333 g/mol. The van der Waals surface area contributed by atoms with E-state index in [-0.39, 0.29) is 11.8 Å². The van der Waals surface area contributed by atoms with Crippen molar-refractivity contribution in [3.8, 4) is 5.75 Å². The zero-order chi connectivity index (χ0) is 17.1. The smallest absolute Gasteiger partial charge is 0.326 e. The van der Waals surface area contributed by atoms with Gasteiger partial charge in [0.1, 0.15) is 18.4 Å². The Bertz CT molecular complexity index is 617. The van der Waals surface area contributed by atoms with E-state index >= 15 is 0 Å². The predicted molar refractivity (Wildman–Crippen MR) is 87.1 cm³/mol. The van der Waals surface area contributed by atoms with Gasteiger partial charge < -0.3 is 19.5 Å². The van der Waals surface area contributed by atoms with E-state index < -0.39 is 12.0 Å². The summed E-state index contributed by atoms with van der Waals surface area (Å²) in [5.74, 6) is -0.132. The predicted octanol–water partition coefficient (Wildman–Crippen LogP) is 2.04. The van der Waals surface area contributed by atoms with Gasteiger partial charge in [0, 0.05) is 19.2 Å². The molecular weight excluding hydrogens is 310 g/mol. The van der Waals surface area contributed by atoms with Crippen LogP contribution in [0, 0.1) is 11.8 Å². The van der Waals surface area contributed by atoms with Gasteiger partial charge in [-0.05, 0) is 42.9 Å². The number of nitrogens with zero attached hydrogens (tertiary/aromatic N) is 1. The lowest BCUT2D eigenvalue weighted by atomic mass is 9.94. The topological polar surface area (TPSA) is 76.1 Å². The van der Waals surface area contributed by atoms with E-state index in [2.05, 4.69) is 0 Å². The monoisotopic (exact) mass is 333 g/mol. The van der Waals surface area contributed by atoms with Crippen molar-refractivity contribution >= 4 is 11.9 Å². The Kier molecular flexibility index (Phi) is 5.04. The van der Waals surface area contributed by atoms with Gasteiger partial charge in [0.2, 0.25) is 0 Å². The van der Waals surface area contributed by atoms with Gasteiger partial charge in [-0.1, -0.05) is 12.5 Å². The van der Waals surface area contributed by atoms with Crippen molar-refractivity contribution in [2.24, 2.45) is 11.8 Å². The Labute approximate surface area is 141 Å². The Balaban J connectivity index is 1.76. The summed E-state index contributed by atoms with van der Waals surface area (Å²) < 4.78 is 10.5. The molecule has 130 valence electrons. The van der Waals surface area contributed by atoms with Crippen molar-refractivity contribution in [3.63, 3.8) is 0 Å². The summed E-state index contributed by atoms with van der Waals surface area (Å²) in [6.07, 6.45) is 2.97. The molecule has 0 bridgehead atoms. The number of ether oxygens (including phenoxy) is 2. The van der Waals surface area contributed by atoms with E-state index in [0.717, 1.165) is 19.3 Å². The van der Waals surface area contributed by atoms with Gasteiger partial charge in [0.05, 0.1) is 6.61 Å². The molecule has 1 amide bonds. The number of carboxylic acid groups (broad SMARTS) is 1. The molecule has 24 heavy (non-hydrogen) atoms. The molecule has 1 aliphatic carbocycles. The molecule has 1 heterocycles. The second kappa shape index (κ2) is 7.21. The largest absolute Gasteiger partial charge is 0.491 e. The minimum Gasteiger partial charge on any atom is -0.491 e. The lowest BCUT2D eigenvalue weighted by molar-refractivity contribution is -0.142. The quantitative estimate of drug-likeness (QED) is 0.806. The number of carboxylic acids is 1. The first kappa shape index (κ1) is 16.8. The van der Waals surface area contributed by atoms with Gasteiger partial charge in [0.25, 0.3) is 5.91 Å². The third-order valence-corrected chi connectivity index (χ3v) is 5.04. The molecule has 2 fully saturated rings. The maximum atomic E-state index is 12.9. The van der Waals surface area contributed by atoms with E-state index in [4.69, 9.17) is 9.47 Å². The number of carbonyl (C=O) groups is 2. The normalized spacial score (nSPS) is 25.5. The van der Waals surface area contributed by atoms with Crippen LogP contribution in [0.4, 0.5) is 0 Å². The molecule has 1 N–H and O–H groups in total. The number of amides is 1. The van der Waals surface area contributed by atoms with Gasteiger partial charge in [-0.2, -0.15) is 0 Å². The standard InChI is InChI=1S/C18H23NO5/c1-23-8-9-24-14-6-2-4-12(10-14)17(20)19-11-13-5-3-7-15(13)16(19)18(21)22/h2,4,6,10,13,15-16H,3,5,7-9,11H2,1H3,(H,21,22). The summed E-state index contributed by atoms with van der Waals surface area (Å²) in [5.41, 5.74) is 0.469. The molecule has 0 spiro atoms. The zero-order valence-corrected chi connectivity index (χ0v) is 13.8. The molecule has 1 aromatic rings. The van der Waals surface area contributed by atoms with E-state index in [1.807, 2.05) is 0 Å². The number of fused-ring (bicyclic) bond motifs is 1. The van der Waals surface area contributed by atoms with Crippen LogP contribution in [0.5, 0.6) is 5.75 Å². The van der Waals surface area contributed by atoms with Crippen LogP contribution < -0.4 is 4.74 Å². The van der Waals surface area contributed by atoms with Crippen LogP contribution >= 0.6 is 0 Å². The van der Waals surface area contributed by atoms with Crippen molar-refractivity contribution in [1.82, 2.24) is 4.90 Å². The second-order valence-electron chi connectivity index (χ2n) is 6.46. The Hall–Kier alpha value is -2.08. The van der Waals surface area contributed by atoms with Crippen LogP contribution in [-0.2, 0) is 9.53 Å². The maximum absolute atomic E-state index is 12.9. The highest BCUT2D eigenvalue weighted by Crippen LogP contribution is 2.42. The molecule has 3 atom stereocenters. The number of likely N-dealkylation sites (tertiary alicyclic amines) is 1. The van der Waals surface area contributed by atoms with Gasteiger partial charge in [-0.15, -0.1) is 0 Å². The number of hydrogen-bond acceptors (Lipinski definition) is 4. The van der Waals surface area contributed by atoms with Crippen molar-refractivity contribution in [2.45, 2.75) is 25.3 Å². The van der Waals surface area contributed by atoms with E-state index in [1.165, 1.54) is 4.90 Å². The lowest BCUT2D eigenvalue weighted by Gasteiger charge is -2.24. The number of benzene rings is 1. The van der Waals surface area contributed by atoms with Crippen LogP contribution in [0.25, 0.3) is 0 Å². The number of hydrogen-bond donors (Lipinski definition) is 1. The molecule has 6 nitrogen and oxygen atoms in total. The average Bonchev–Trinajstić information content (AvgIpc) is 3.15. The third kappa shape index (κ3) is 3.24. The van der Waals surface area contributed by atoms with Gasteiger partial charge in [0.15, 0.2) is 0 Å². The van der Waals surface area contributed by atoms with Gasteiger partial charge in [-0.3, -0.25) is 4.79 Å². The molecule has 2 aliphatic rings. The number of rotatable bonds is 6. The summed E-state index contributed by atoms with van der Waals surface area (Å²) in [6.45, 7) is 1.41. The fourth-order valence-electron chi connectivity index (χ4n) is 3.96. The summed E-state index contributed by atoms with van der Waals surface area (Å²) in [6, 6.07) is 6.20. The van der Waals surface area contributed by atoms with Crippen LogP contribution in [0.1, 0.15) is 29.6 Å². The third-order valence-electron chi connectivity index (χ3n) is 5.04. The molecule has 1 saturated heterocycles. The molecule has 3 unspecified atom stereocenters. The van der Waals surface area contributed by atoms with Gasteiger partial charge >= 0.3 is 5.97 Å². The first-order valence-corrected chi connectivity index (χ1v) is 8.37. The summed E-state index contributed by atoms with van der Waals surface area (Å²) in [7, 11) is 1.60. The van der Waals surface area contributed by atoms with Crippen molar-refractivity contribution < 1.29 is 24.2 Å². The van der Waals surface area contributed by atoms with Crippen molar-refractivity contribution in [2.75, 3.05) is 26.9 Å². The first-order chi connectivity index (χ1) is 11.6. The van der Waals surface area contributed by atoms with Crippen molar-refractivity contribution in [3.05, 3.63) is 29.8 Å². The molecule has 1 saturated carbocycles. The molecule has 1 aliphatic heterocycles. The zero-order valence-electron chi connectivity index (χ0n) is 13.8. The highest BCUT2D eigenvalue weighted by molar-refractivity contribution is 5.97. The maximum Gasteiger partial charge on any atom is 0.326 e. The minimum atomic E-state index is -0.898. The molecular formula is C18H23NO5. The fraction of sp³-hybridized carbons (Fsp3) is 0.556. The molecule has 6 heteroatoms. The highest BCUT2D eigenvalue weighted by atomic mass is 16.5. The molecule has 0 radical (unpaired) electrons. The van der Waals surface area contributed by atoms with Crippen LogP contribution in [-0.4, -0.2) is 54.8 Å². The second-order valence-corrected chi connectivity index (χ2v) is 6.46. The van der Waals surface area contributed by atoms with E-state index in [9.17, 15) is 14.7 Å². The van der Waals surface area contributed by atoms with Gasteiger partial charge in [-0.25, -0.2) is 4.79 Å². The first-order valence-electron chi connectivity index (χ1n) is 8.37. The summed E-state index contributed by atoms with van der Waals surface area (Å²) in [4.78, 5) is 26.1. The lowest BCUT2D eigenvalue weighted by Crippen LogP contribution is -2.43. The fourth-order valence-corrected chi connectivity index (χ4v) is 3.96. The van der Waals surface area contributed by atoms with Crippen LogP contribution in [0.15, 0.2) is 24.3 Å². The van der Waals surface area contributed by atoms with E-state index in [1.54, 1.807) is 31.4 Å². The minimum absolute atomic E-state index is 0.0904. The molecule has 3 rings (SSSR count).